The van der Waals surface area contributed by atoms with Gasteiger partial charge in [0.2, 0.25) is 0 Å². The Morgan fingerprint density at radius 1 is 0.938 bits per heavy atom. The predicted octanol–water partition coefficient (Wildman–Crippen LogP) is 5.94. The van der Waals surface area contributed by atoms with Crippen molar-refractivity contribution in [2.75, 3.05) is 0 Å². The fraction of sp³-hybridized carbons (Fsp3) is 0.250. The monoisotopic (exact) mass is 329 g/mol. The van der Waals surface area contributed by atoms with Crippen LogP contribution in [0.3, 0.4) is 0 Å². The van der Waals surface area contributed by atoms with Crippen LogP contribution in [0.5, 0.6) is 0 Å². The molecule has 1 radical (unpaired) electrons. The van der Waals surface area contributed by atoms with Gasteiger partial charge in [-0.05, 0) is 0 Å². The van der Waals surface area contributed by atoms with Crippen molar-refractivity contribution in [2.45, 2.75) is 11.0 Å². The first kappa shape index (κ1) is 14.5. The molecule has 8 heteroatoms. The lowest BCUT2D eigenvalue weighted by molar-refractivity contribution is -0.137. The van der Waals surface area contributed by atoms with E-state index in [0.717, 1.165) is 0 Å². The lowest BCUT2D eigenvalue weighted by Crippen LogP contribution is -2.08. The third kappa shape index (κ3) is 2.82. The highest BCUT2D eigenvalue weighted by atomic mass is 35.5. The molecule has 0 saturated heterocycles. The molecule has 0 nitrogen and oxygen atoms in total. The maximum absolute atomic E-state index is 12.5. The van der Waals surface area contributed by atoms with Gasteiger partial charge in [0.15, 0.2) is 0 Å². The Kier molecular flexibility index (Phi) is 4.53. The number of alkyl halides is 5. The van der Waals surface area contributed by atoms with Gasteiger partial charge in [-0.3, -0.25) is 0 Å². The summed E-state index contributed by atoms with van der Waals surface area (Å²) < 4.78 is 37.5. The van der Waals surface area contributed by atoms with E-state index < -0.39 is 26.6 Å². The summed E-state index contributed by atoms with van der Waals surface area (Å²) in [6.07, 6.45) is -4.71. The molecule has 0 spiro atoms. The van der Waals surface area contributed by atoms with Gasteiger partial charge >= 0.3 is 6.18 Å². The molecular weight excluding hydrogens is 330 g/mol. The predicted molar refractivity (Wildman–Crippen MR) is 59.8 cm³/mol. The lowest BCUT2D eigenvalue weighted by atomic mass is 10.1. The van der Waals surface area contributed by atoms with Gasteiger partial charge in [0, 0.05) is 11.6 Å². The van der Waals surface area contributed by atoms with Crippen LogP contribution in [0.1, 0.15) is 16.0 Å². The molecule has 0 atom stereocenters. The molecule has 0 aromatic heterocycles. The Bertz CT molecular complexity index is 413. The highest BCUT2D eigenvalue weighted by molar-refractivity contribution is 6.50. The quantitative estimate of drug-likeness (QED) is 0.441. The maximum atomic E-state index is 12.5. The molecule has 0 fully saturated rings. The second-order valence-electron chi connectivity index (χ2n) is 2.65. The van der Waals surface area contributed by atoms with Crippen LogP contribution in [0.4, 0.5) is 13.2 Å². The van der Waals surface area contributed by atoms with E-state index in [4.69, 9.17) is 58.0 Å². The van der Waals surface area contributed by atoms with Gasteiger partial charge in [-0.2, -0.15) is 13.2 Å². The maximum Gasteiger partial charge on any atom is 0.418 e. The molecule has 0 unspecified atom stereocenters. The van der Waals surface area contributed by atoms with Gasteiger partial charge in [0.05, 0.1) is 20.6 Å². The summed E-state index contributed by atoms with van der Waals surface area (Å²) in [6.45, 7) is 0. The second kappa shape index (κ2) is 4.99. The van der Waals surface area contributed by atoms with Crippen LogP contribution in [-0.2, 0) is 6.18 Å². The average Bonchev–Trinajstić information content (AvgIpc) is 2.11. The Morgan fingerprint density at radius 2 is 1.44 bits per heavy atom. The van der Waals surface area contributed by atoms with Crippen molar-refractivity contribution in [3.8, 4) is 0 Å². The highest BCUT2D eigenvalue weighted by Gasteiger charge is 2.36. The number of benzene rings is 1. The first-order chi connectivity index (χ1) is 7.16. The third-order valence-electron chi connectivity index (χ3n) is 1.60. The number of halogens is 8. The summed E-state index contributed by atoms with van der Waals surface area (Å²) in [7, 11) is 0. The summed E-state index contributed by atoms with van der Waals surface area (Å²) in [6, 6.07) is 1.92. The van der Waals surface area contributed by atoms with Crippen LogP contribution in [0.25, 0.3) is 0 Å². The number of hydrogen-bond acceptors (Lipinski definition) is 0. The summed E-state index contributed by atoms with van der Waals surface area (Å²) in [5, 5.41) is -1.41. The normalized spacial score (nSPS) is 12.3. The van der Waals surface area contributed by atoms with Crippen LogP contribution in [0.2, 0.25) is 15.1 Å². The third-order valence-corrected chi connectivity index (χ3v) is 3.38. The van der Waals surface area contributed by atoms with E-state index in [9.17, 15) is 13.2 Å². The van der Waals surface area contributed by atoms with Crippen LogP contribution in [0, 0.1) is 6.07 Å². The van der Waals surface area contributed by atoms with Crippen molar-refractivity contribution >= 4 is 58.0 Å². The first-order valence-corrected chi connectivity index (χ1v) is 5.62. The Morgan fingerprint density at radius 3 is 1.81 bits per heavy atom. The van der Waals surface area contributed by atoms with Crippen molar-refractivity contribution in [3.63, 3.8) is 0 Å². The summed E-state index contributed by atoms with van der Waals surface area (Å²) in [5.41, 5.74) is -1.50. The van der Waals surface area contributed by atoms with Gasteiger partial charge < -0.3 is 0 Å². The van der Waals surface area contributed by atoms with Gasteiger partial charge in [-0.25, -0.2) is 0 Å². The van der Waals surface area contributed by atoms with Crippen molar-refractivity contribution in [1.82, 2.24) is 0 Å². The van der Waals surface area contributed by atoms with E-state index in [1.165, 1.54) is 0 Å². The van der Waals surface area contributed by atoms with Crippen molar-refractivity contribution in [2.24, 2.45) is 0 Å². The molecule has 1 rings (SSSR count). The smallest absolute Gasteiger partial charge is 0.166 e. The molecule has 0 saturated carbocycles. The van der Waals surface area contributed by atoms with E-state index in [1.807, 2.05) is 6.07 Å². The van der Waals surface area contributed by atoms with Crippen molar-refractivity contribution < 1.29 is 13.2 Å². The van der Waals surface area contributed by atoms with Crippen LogP contribution in [0.15, 0.2) is 0 Å². The van der Waals surface area contributed by atoms with E-state index >= 15 is 0 Å². The van der Waals surface area contributed by atoms with E-state index in [1.54, 1.807) is 0 Å². The Balaban J connectivity index is 3.54. The zero-order valence-corrected chi connectivity index (χ0v) is 10.9. The fourth-order valence-corrected chi connectivity index (χ4v) is 2.10. The minimum atomic E-state index is -4.71. The van der Waals surface area contributed by atoms with Crippen LogP contribution >= 0.6 is 58.0 Å². The second-order valence-corrected chi connectivity index (χ2v) is 4.88. The zero-order valence-electron chi connectivity index (χ0n) is 7.10. The summed E-state index contributed by atoms with van der Waals surface area (Å²) in [5.74, 6) is 0. The van der Waals surface area contributed by atoms with E-state index in [0.29, 0.717) is 0 Å². The fourth-order valence-electron chi connectivity index (χ4n) is 0.914. The summed E-state index contributed by atoms with van der Waals surface area (Å²) >= 11 is 27.4. The summed E-state index contributed by atoms with van der Waals surface area (Å²) in [4.78, 5) is -1.27. The molecule has 0 aliphatic carbocycles. The average molecular weight is 331 g/mol. The molecule has 0 aliphatic heterocycles. The van der Waals surface area contributed by atoms with Gasteiger partial charge in [-0.15, -0.1) is 0 Å². The van der Waals surface area contributed by atoms with Gasteiger partial charge in [0.1, 0.15) is 4.84 Å². The van der Waals surface area contributed by atoms with Crippen molar-refractivity contribution in [3.05, 3.63) is 32.3 Å². The van der Waals surface area contributed by atoms with Gasteiger partial charge in [0.25, 0.3) is 0 Å². The minimum absolute atomic E-state index is 0.241. The van der Waals surface area contributed by atoms with E-state index in [-0.39, 0.29) is 10.6 Å². The van der Waals surface area contributed by atoms with Gasteiger partial charge in [-0.1, -0.05) is 58.0 Å². The topological polar surface area (TPSA) is 0 Å². The molecular formula is C8HCl5F3. The molecule has 0 N–H and O–H groups in total. The molecule has 0 aliphatic rings. The molecule has 89 valence electrons. The SMILES string of the molecule is FC(F)(F)c1[c]c(C(Cl)Cl)c(Cl)c(Cl)c1Cl. The highest BCUT2D eigenvalue weighted by Crippen LogP contribution is 2.45. The Hall–Kier alpha value is 0.460. The Labute approximate surface area is 114 Å². The minimum Gasteiger partial charge on any atom is -0.166 e. The molecule has 0 heterocycles. The molecule has 0 amide bonds. The van der Waals surface area contributed by atoms with Crippen LogP contribution < -0.4 is 0 Å². The molecule has 16 heavy (non-hydrogen) atoms. The molecule has 1 aromatic carbocycles. The number of rotatable bonds is 1. The van der Waals surface area contributed by atoms with Crippen LogP contribution in [-0.4, -0.2) is 0 Å². The standard InChI is InChI=1S/C8HCl5F3/c9-4-2(7(12)13)1-3(8(14,15)16)5(10)6(4)11/h7H. The van der Waals surface area contributed by atoms with E-state index in [2.05, 4.69) is 0 Å². The lowest BCUT2D eigenvalue weighted by Gasteiger charge is -2.14. The molecule has 0 bridgehead atoms. The number of hydrogen-bond donors (Lipinski definition) is 0. The zero-order chi connectivity index (χ0) is 12.7. The largest absolute Gasteiger partial charge is 0.418 e. The first-order valence-electron chi connectivity index (χ1n) is 3.61. The van der Waals surface area contributed by atoms with Crippen molar-refractivity contribution in [1.29, 1.82) is 0 Å². The molecule has 1 aromatic rings.